The molecule has 0 fully saturated rings. The van der Waals surface area contributed by atoms with Crippen LogP contribution in [0, 0.1) is 6.92 Å². The summed E-state index contributed by atoms with van der Waals surface area (Å²) in [5.41, 5.74) is 3.20. The fraction of sp³-hybridized carbons (Fsp3) is 0.222. The third-order valence-electron chi connectivity index (χ3n) is 4.16. The van der Waals surface area contributed by atoms with E-state index < -0.39 is 5.60 Å². The third-order valence-corrected chi connectivity index (χ3v) is 4.16. The van der Waals surface area contributed by atoms with E-state index in [-0.39, 0.29) is 6.10 Å². The molecule has 0 N–H and O–H groups in total. The minimum absolute atomic E-state index is 0.00551. The Morgan fingerprint density at radius 1 is 1.05 bits per heavy atom. The summed E-state index contributed by atoms with van der Waals surface area (Å²) in [6.07, 6.45) is 4.30. The van der Waals surface area contributed by atoms with Crippen molar-refractivity contribution in [3.8, 4) is 5.75 Å². The van der Waals surface area contributed by atoms with Gasteiger partial charge in [0.25, 0.3) is 0 Å². The first-order chi connectivity index (χ1) is 9.78. The van der Waals surface area contributed by atoms with Crippen molar-refractivity contribution in [2.45, 2.75) is 18.6 Å². The van der Waals surface area contributed by atoms with Crippen molar-refractivity contribution < 1.29 is 9.47 Å². The molecule has 2 aromatic rings. The van der Waals surface area contributed by atoms with Crippen molar-refractivity contribution in [3.63, 3.8) is 0 Å². The zero-order valence-electron chi connectivity index (χ0n) is 11.4. The molecule has 0 bridgehead atoms. The van der Waals surface area contributed by atoms with E-state index in [1.54, 1.807) is 0 Å². The number of rotatable bonds is 1. The minimum atomic E-state index is -0.413. The van der Waals surface area contributed by atoms with E-state index in [4.69, 9.17) is 9.47 Å². The second-order valence-corrected chi connectivity index (χ2v) is 5.43. The van der Waals surface area contributed by atoms with Crippen molar-refractivity contribution in [2.75, 3.05) is 6.61 Å². The molecule has 0 aromatic heterocycles. The molecule has 0 amide bonds. The predicted molar refractivity (Wildman–Crippen MR) is 77.8 cm³/mol. The van der Waals surface area contributed by atoms with Crippen molar-refractivity contribution in [2.24, 2.45) is 0 Å². The number of para-hydroxylation sites is 1. The van der Waals surface area contributed by atoms with E-state index in [1.807, 2.05) is 18.2 Å². The van der Waals surface area contributed by atoms with Gasteiger partial charge < -0.3 is 9.47 Å². The van der Waals surface area contributed by atoms with Crippen LogP contribution in [-0.2, 0) is 10.3 Å². The summed E-state index contributed by atoms with van der Waals surface area (Å²) in [6.45, 7) is 2.68. The van der Waals surface area contributed by atoms with Gasteiger partial charge in [-0.25, -0.2) is 0 Å². The predicted octanol–water partition coefficient (Wildman–Crippen LogP) is 3.91. The van der Waals surface area contributed by atoms with Crippen LogP contribution in [0.25, 0.3) is 0 Å². The molecule has 0 aliphatic carbocycles. The Balaban J connectivity index is 1.70. The maximum Gasteiger partial charge on any atom is 0.150 e. The van der Waals surface area contributed by atoms with E-state index in [1.165, 1.54) is 11.1 Å². The highest BCUT2D eigenvalue weighted by Gasteiger charge is 2.44. The lowest BCUT2D eigenvalue weighted by Crippen LogP contribution is -2.26. The molecule has 20 heavy (non-hydrogen) atoms. The molecule has 1 spiro atoms. The summed E-state index contributed by atoms with van der Waals surface area (Å²) in [5, 5.41) is 0. The van der Waals surface area contributed by atoms with Crippen LogP contribution in [0.4, 0.5) is 0 Å². The summed E-state index contributed by atoms with van der Waals surface area (Å²) in [6, 6.07) is 16.5. The Bertz CT molecular complexity index is 689. The van der Waals surface area contributed by atoms with Crippen molar-refractivity contribution in [3.05, 3.63) is 77.4 Å². The number of hydrogen-bond donors (Lipinski definition) is 0. The molecule has 0 radical (unpaired) electrons. The van der Waals surface area contributed by atoms with E-state index in [2.05, 4.69) is 49.4 Å². The zero-order chi connectivity index (χ0) is 13.6. The second kappa shape index (κ2) is 4.22. The number of aryl methyl sites for hydroxylation is 1. The van der Waals surface area contributed by atoms with Crippen molar-refractivity contribution in [1.82, 2.24) is 0 Å². The van der Waals surface area contributed by atoms with E-state index in [9.17, 15) is 0 Å². The summed E-state index contributed by atoms with van der Waals surface area (Å²) < 4.78 is 12.1. The van der Waals surface area contributed by atoms with Gasteiger partial charge >= 0.3 is 0 Å². The quantitative estimate of drug-likeness (QED) is 0.727. The lowest BCUT2D eigenvalue weighted by molar-refractivity contribution is -0.0392. The van der Waals surface area contributed by atoms with E-state index >= 15 is 0 Å². The average molecular weight is 264 g/mol. The van der Waals surface area contributed by atoms with E-state index in [0.717, 1.165) is 11.3 Å². The number of fused-ring (bicyclic) bond motifs is 2. The van der Waals surface area contributed by atoms with Crippen LogP contribution in [0.15, 0.2) is 60.7 Å². The van der Waals surface area contributed by atoms with E-state index in [0.29, 0.717) is 6.61 Å². The van der Waals surface area contributed by atoms with Gasteiger partial charge in [-0.05, 0) is 30.2 Å². The summed E-state index contributed by atoms with van der Waals surface area (Å²) in [7, 11) is 0. The van der Waals surface area contributed by atoms with Gasteiger partial charge in [-0.1, -0.05) is 48.5 Å². The Morgan fingerprint density at radius 3 is 2.75 bits per heavy atom. The average Bonchev–Trinajstić information content (AvgIpc) is 3.06. The largest absolute Gasteiger partial charge is 0.489 e. The maximum atomic E-state index is 6.37. The molecule has 2 aliphatic heterocycles. The standard InChI is InChI=1S/C18H16O2/c1-13-6-2-3-7-14(13)16-10-11-18(20-16)12-19-17-9-5-4-8-15(17)18/h2-11,16H,12H2,1H3/t16-,18+/m1/s1. The highest BCUT2D eigenvalue weighted by molar-refractivity contribution is 5.47. The first kappa shape index (κ1) is 11.7. The molecule has 2 heteroatoms. The minimum Gasteiger partial charge on any atom is -0.489 e. The molecule has 0 saturated carbocycles. The van der Waals surface area contributed by atoms with Crippen LogP contribution in [-0.4, -0.2) is 6.61 Å². The topological polar surface area (TPSA) is 18.5 Å². The Morgan fingerprint density at radius 2 is 1.85 bits per heavy atom. The third kappa shape index (κ3) is 1.61. The van der Waals surface area contributed by atoms with Gasteiger partial charge in [0.2, 0.25) is 0 Å². The van der Waals surface area contributed by atoms with Gasteiger partial charge in [-0.15, -0.1) is 0 Å². The first-order valence-electron chi connectivity index (χ1n) is 6.93. The molecule has 2 atom stereocenters. The first-order valence-corrected chi connectivity index (χ1v) is 6.93. The SMILES string of the molecule is Cc1ccccc1[C@H]1C=C[C@@]2(COc3ccccc32)O1. The molecule has 100 valence electrons. The fourth-order valence-electron chi connectivity index (χ4n) is 3.06. The van der Waals surface area contributed by atoms with Gasteiger partial charge in [0, 0.05) is 5.56 Å². The fourth-order valence-corrected chi connectivity index (χ4v) is 3.06. The smallest absolute Gasteiger partial charge is 0.150 e. The Kier molecular flexibility index (Phi) is 2.48. The van der Waals surface area contributed by atoms with Gasteiger partial charge in [0.15, 0.2) is 0 Å². The molecule has 0 unspecified atom stereocenters. The highest BCUT2D eigenvalue weighted by Crippen LogP contribution is 2.47. The van der Waals surface area contributed by atoms with Crippen molar-refractivity contribution >= 4 is 0 Å². The number of benzene rings is 2. The van der Waals surface area contributed by atoms with Crippen LogP contribution >= 0.6 is 0 Å². The summed E-state index contributed by atoms with van der Waals surface area (Å²) in [5.74, 6) is 0.933. The van der Waals surface area contributed by atoms with Crippen LogP contribution in [0.5, 0.6) is 5.75 Å². The van der Waals surface area contributed by atoms with Crippen LogP contribution < -0.4 is 4.74 Å². The number of hydrogen-bond acceptors (Lipinski definition) is 2. The van der Waals surface area contributed by atoms with Gasteiger partial charge in [0.1, 0.15) is 24.1 Å². The molecule has 2 nitrogen and oxygen atoms in total. The summed E-state index contributed by atoms with van der Waals surface area (Å²) >= 11 is 0. The molecule has 2 aromatic carbocycles. The highest BCUT2D eigenvalue weighted by atomic mass is 16.6. The Labute approximate surface area is 118 Å². The van der Waals surface area contributed by atoms with Crippen LogP contribution in [0.2, 0.25) is 0 Å². The van der Waals surface area contributed by atoms with Crippen LogP contribution in [0.3, 0.4) is 0 Å². The maximum absolute atomic E-state index is 6.37. The van der Waals surface area contributed by atoms with Crippen LogP contribution in [0.1, 0.15) is 22.8 Å². The molecular formula is C18H16O2. The summed E-state index contributed by atoms with van der Waals surface area (Å²) in [4.78, 5) is 0. The number of ether oxygens (including phenoxy) is 2. The molecule has 0 saturated heterocycles. The van der Waals surface area contributed by atoms with Gasteiger partial charge in [-0.3, -0.25) is 0 Å². The lowest BCUT2D eigenvalue weighted by atomic mass is 9.97. The zero-order valence-corrected chi connectivity index (χ0v) is 11.4. The van der Waals surface area contributed by atoms with Crippen molar-refractivity contribution in [1.29, 1.82) is 0 Å². The second-order valence-electron chi connectivity index (χ2n) is 5.43. The monoisotopic (exact) mass is 264 g/mol. The van der Waals surface area contributed by atoms with Gasteiger partial charge in [-0.2, -0.15) is 0 Å². The Hall–Kier alpha value is -2.06. The molecule has 2 heterocycles. The lowest BCUT2D eigenvalue weighted by Gasteiger charge is -2.23. The molecule has 4 rings (SSSR count). The molecular weight excluding hydrogens is 248 g/mol. The van der Waals surface area contributed by atoms with Gasteiger partial charge in [0.05, 0.1) is 0 Å². The normalized spacial score (nSPS) is 26.8. The molecule has 2 aliphatic rings.